The van der Waals surface area contributed by atoms with Gasteiger partial charge in [0.15, 0.2) is 0 Å². The number of rotatable bonds is 3. The predicted molar refractivity (Wildman–Crippen MR) is 72.0 cm³/mol. The molecular weight excluding hydrogens is 291 g/mol. The largest absolute Gasteiger partial charge is 0.398 e. The van der Waals surface area contributed by atoms with Crippen LogP contribution in [0.25, 0.3) is 0 Å². The van der Waals surface area contributed by atoms with Gasteiger partial charge in [-0.3, -0.25) is 4.21 Å². The van der Waals surface area contributed by atoms with E-state index in [2.05, 4.69) is 4.72 Å². The molecule has 0 atom stereocenters. The molecule has 0 aliphatic carbocycles. The molecule has 0 amide bonds. The summed E-state index contributed by atoms with van der Waals surface area (Å²) in [7, 11) is -4.86. The zero-order valence-corrected chi connectivity index (χ0v) is 11.8. The van der Waals surface area contributed by atoms with Crippen LogP contribution in [-0.2, 0) is 20.8 Å². The van der Waals surface area contributed by atoms with Crippen molar-refractivity contribution in [2.24, 2.45) is 0 Å². The second-order valence-electron chi connectivity index (χ2n) is 4.40. The molecule has 1 aliphatic rings. The lowest BCUT2D eigenvalue weighted by Crippen LogP contribution is -2.40. The van der Waals surface area contributed by atoms with Gasteiger partial charge in [-0.15, -0.1) is 0 Å². The first-order valence-corrected chi connectivity index (χ1v) is 8.78. The van der Waals surface area contributed by atoms with Gasteiger partial charge in [0.2, 0.25) is 10.0 Å². The minimum Gasteiger partial charge on any atom is -0.398 e. The number of sulfonamides is 1. The molecule has 0 bridgehead atoms. The molecule has 1 aliphatic heterocycles. The number of hydrogen-bond acceptors (Lipinski definition) is 4. The van der Waals surface area contributed by atoms with Crippen molar-refractivity contribution >= 4 is 26.5 Å². The van der Waals surface area contributed by atoms with Crippen LogP contribution in [0.3, 0.4) is 0 Å². The summed E-state index contributed by atoms with van der Waals surface area (Å²) in [6.45, 7) is 0. The van der Waals surface area contributed by atoms with E-state index in [1.54, 1.807) is 0 Å². The van der Waals surface area contributed by atoms with Gasteiger partial charge in [0.05, 0.1) is 5.69 Å². The molecule has 1 heterocycles. The first-order chi connectivity index (χ1) is 8.90. The van der Waals surface area contributed by atoms with Crippen molar-refractivity contribution in [2.75, 3.05) is 17.2 Å². The maximum atomic E-state index is 13.6. The van der Waals surface area contributed by atoms with E-state index in [0.29, 0.717) is 24.3 Å². The highest BCUT2D eigenvalue weighted by atomic mass is 32.2. The molecular formula is C11H15FN2O3S2. The molecule has 2 rings (SSSR count). The number of nitrogens with one attached hydrogen (secondary N) is 1. The van der Waals surface area contributed by atoms with Crippen LogP contribution in [0.15, 0.2) is 23.1 Å². The highest BCUT2D eigenvalue weighted by molar-refractivity contribution is 7.89. The van der Waals surface area contributed by atoms with Crippen molar-refractivity contribution < 1.29 is 17.0 Å². The number of benzene rings is 1. The molecule has 8 heteroatoms. The summed E-state index contributed by atoms with van der Waals surface area (Å²) >= 11 is 0. The number of anilines is 1. The van der Waals surface area contributed by atoms with E-state index in [0.717, 1.165) is 6.07 Å². The second kappa shape index (κ2) is 5.56. The lowest BCUT2D eigenvalue weighted by atomic mass is 10.2. The summed E-state index contributed by atoms with van der Waals surface area (Å²) in [6, 6.07) is 3.43. The third kappa shape index (κ3) is 3.31. The molecule has 5 nitrogen and oxygen atoms in total. The van der Waals surface area contributed by atoms with Crippen LogP contribution in [-0.4, -0.2) is 30.2 Å². The fourth-order valence-corrected chi connectivity index (χ4v) is 4.79. The molecule has 0 saturated carbocycles. The maximum absolute atomic E-state index is 13.6. The normalized spacial score (nSPS) is 24.3. The zero-order chi connectivity index (χ0) is 14.0. The number of nitrogens with two attached hydrogens (primary N) is 1. The summed E-state index contributed by atoms with van der Waals surface area (Å²) < 4.78 is 51.5. The summed E-state index contributed by atoms with van der Waals surface area (Å²) in [6.07, 6.45) is 0.973. The molecule has 106 valence electrons. The summed E-state index contributed by atoms with van der Waals surface area (Å²) in [5.74, 6) is 0.0479. The molecule has 19 heavy (non-hydrogen) atoms. The predicted octanol–water partition coefficient (Wildman–Crippen LogP) is 0.597. The first-order valence-electron chi connectivity index (χ1n) is 5.81. The van der Waals surface area contributed by atoms with Gasteiger partial charge in [0.1, 0.15) is 10.7 Å². The summed E-state index contributed by atoms with van der Waals surface area (Å²) in [4.78, 5) is -0.512. The number of halogens is 1. The standard InChI is InChI=1S/C11H15FN2O3S2/c12-9-2-1-3-10(13)11(9)19(16,17)14-8-4-6-18(15)7-5-8/h1-3,8,14H,4-7,13H2. The van der Waals surface area contributed by atoms with Crippen molar-refractivity contribution in [3.05, 3.63) is 24.0 Å². The van der Waals surface area contributed by atoms with E-state index in [1.807, 2.05) is 0 Å². The third-order valence-electron chi connectivity index (χ3n) is 2.98. The fraction of sp³-hybridized carbons (Fsp3) is 0.455. The van der Waals surface area contributed by atoms with Gasteiger partial charge in [-0.25, -0.2) is 17.5 Å². The second-order valence-corrected chi connectivity index (χ2v) is 7.75. The Morgan fingerprint density at radius 2 is 1.95 bits per heavy atom. The van der Waals surface area contributed by atoms with Crippen molar-refractivity contribution in [3.8, 4) is 0 Å². The maximum Gasteiger partial charge on any atom is 0.245 e. The quantitative estimate of drug-likeness (QED) is 0.800. The van der Waals surface area contributed by atoms with Crippen molar-refractivity contribution in [2.45, 2.75) is 23.8 Å². The Hall–Kier alpha value is -0.990. The summed E-state index contributed by atoms with van der Waals surface area (Å²) in [5, 5.41) is 0. The Balaban J connectivity index is 2.21. The van der Waals surface area contributed by atoms with Crippen LogP contribution in [0, 0.1) is 5.82 Å². The average Bonchev–Trinajstić information content (AvgIpc) is 2.31. The van der Waals surface area contributed by atoms with E-state index in [1.165, 1.54) is 12.1 Å². The van der Waals surface area contributed by atoms with E-state index in [4.69, 9.17) is 5.73 Å². The zero-order valence-electron chi connectivity index (χ0n) is 10.1. The lowest BCUT2D eigenvalue weighted by Gasteiger charge is -2.22. The molecule has 1 fully saturated rings. The van der Waals surface area contributed by atoms with Crippen molar-refractivity contribution in [3.63, 3.8) is 0 Å². The van der Waals surface area contributed by atoms with E-state index >= 15 is 0 Å². The van der Waals surface area contributed by atoms with E-state index < -0.39 is 31.5 Å². The summed E-state index contributed by atoms with van der Waals surface area (Å²) in [5.41, 5.74) is 5.41. The first kappa shape index (κ1) is 14.4. The minimum atomic E-state index is -3.99. The van der Waals surface area contributed by atoms with E-state index in [9.17, 15) is 17.0 Å². The number of hydrogen-bond donors (Lipinski definition) is 2. The van der Waals surface area contributed by atoms with Crippen molar-refractivity contribution in [1.29, 1.82) is 0 Å². The third-order valence-corrected chi connectivity index (χ3v) is 5.97. The van der Waals surface area contributed by atoms with Gasteiger partial charge in [0.25, 0.3) is 0 Å². The van der Waals surface area contributed by atoms with Crippen LogP contribution >= 0.6 is 0 Å². The van der Waals surface area contributed by atoms with Crippen LogP contribution in [0.5, 0.6) is 0 Å². The Morgan fingerprint density at radius 1 is 1.32 bits per heavy atom. The Bertz CT molecular complexity index is 574. The van der Waals surface area contributed by atoms with Crippen LogP contribution < -0.4 is 10.5 Å². The Labute approximate surface area is 113 Å². The minimum absolute atomic E-state index is 0.119. The smallest absolute Gasteiger partial charge is 0.245 e. The van der Waals surface area contributed by atoms with Gasteiger partial charge in [-0.1, -0.05) is 6.07 Å². The number of nitrogen functional groups attached to an aromatic ring is 1. The lowest BCUT2D eigenvalue weighted by molar-refractivity contribution is 0.514. The molecule has 0 unspecified atom stereocenters. The van der Waals surface area contributed by atoms with Crippen LogP contribution in [0.2, 0.25) is 0 Å². The molecule has 1 aromatic rings. The SMILES string of the molecule is Nc1cccc(F)c1S(=O)(=O)NC1CCS(=O)CC1. The molecule has 1 aromatic carbocycles. The molecule has 0 aromatic heterocycles. The van der Waals surface area contributed by atoms with Crippen LogP contribution in [0.1, 0.15) is 12.8 Å². The van der Waals surface area contributed by atoms with Crippen molar-refractivity contribution in [1.82, 2.24) is 4.72 Å². The highest BCUT2D eigenvalue weighted by Gasteiger charge is 2.27. The topological polar surface area (TPSA) is 89.3 Å². The van der Waals surface area contributed by atoms with Gasteiger partial charge >= 0.3 is 0 Å². The molecule has 3 N–H and O–H groups in total. The van der Waals surface area contributed by atoms with E-state index in [-0.39, 0.29) is 11.7 Å². The average molecular weight is 306 g/mol. The van der Waals surface area contributed by atoms with Gasteiger partial charge < -0.3 is 5.73 Å². The fourth-order valence-electron chi connectivity index (χ4n) is 2.00. The molecule has 0 radical (unpaired) electrons. The Morgan fingerprint density at radius 3 is 2.53 bits per heavy atom. The van der Waals surface area contributed by atoms with Gasteiger partial charge in [0, 0.05) is 28.3 Å². The molecule has 1 saturated heterocycles. The molecule has 0 spiro atoms. The van der Waals surface area contributed by atoms with Gasteiger partial charge in [-0.2, -0.15) is 0 Å². The monoisotopic (exact) mass is 306 g/mol. The Kier molecular flexibility index (Phi) is 4.22. The van der Waals surface area contributed by atoms with Gasteiger partial charge in [-0.05, 0) is 25.0 Å². The van der Waals surface area contributed by atoms with Crippen LogP contribution in [0.4, 0.5) is 10.1 Å². The highest BCUT2D eigenvalue weighted by Crippen LogP contribution is 2.22.